The van der Waals surface area contributed by atoms with Crippen LogP contribution in [0.2, 0.25) is 0 Å². The highest BCUT2D eigenvalue weighted by Gasteiger charge is 2.22. The third kappa shape index (κ3) is 2.93. The first-order valence-corrected chi connectivity index (χ1v) is 5.63. The van der Waals surface area contributed by atoms with Gasteiger partial charge in [0.1, 0.15) is 5.01 Å². The highest BCUT2D eigenvalue weighted by molar-refractivity contribution is 7.09. The number of hydrogen-bond donors (Lipinski definition) is 0. The first-order valence-electron chi connectivity index (χ1n) is 4.22. The number of alkyl halides is 1. The van der Waals surface area contributed by atoms with Crippen LogP contribution in [0.4, 0.5) is 0 Å². The number of nitrogens with zero attached hydrogens (tertiary/aromatic N) is 2. The minimum atomic E-state index is 0.0349. The van der Waals surface area contributed by atoms with Crippen LogP contribution in [0.15, 0.2) is 11.6 Å². The maximum absolute atomic E-state index is 5.87. The van der Waals surface area contributed by atoms with Crippen LogP contribution < -0.4 is 0 Å². The number of rotatable bonds is 4. The van der Waals surface area contributed by atoms with Crippen LogP contribution in [-0.4, -0.2) is 28.4 Å². The molecule has 0 aliphatic carbocycles. The molecular formula is C9H15ClN2S. The zero-order valence-corrected chi connectivity index (χ0v) is 9.82. The van der Waals surface area contributed by atoms with Crippen molar-refractivity contribution in [3.05, 3.63) is 16.6 Å². The Hall–Kier alpha value is -0.120. The maximum atomic E-state index is 5.87. The summed E-state index contributed by atoms with van der Waals surface area (Å²) < 4.78 is 0. The van der Waals surface area contributed by atoms with E-state index >= 15 is 0 Å². The molecule has 0 N–H and O–H groups in total. The molecule has 0 radical (unpaired) electrons. The average Bonchev–Trinajstić information content (AvgIpc) is 2.57. The van der Waals surface area contributed by atoms with Crippen molar-refractivity contribution in [3.63, 3.8) is 0 Å². The fraction of sp³-hybridized carbons (Fsp3) is 0.667. The molecule has 0 atom stereocenters. The molecule has 1 aromatic heterocycles. The van der Waals surface area contributed by atoms with Gasteiger partial charge in [0.15, 0.2) is 0 Å². The standard InChI is InChI=1S/C9H15ClN2S/c1-9(2,7-10)12(3)6-8-11-4-5-13-8/h4-5H,6-7H2,1-3H3. The van der Waals surface area contributed by atoms with Gasteiger partial charge in [-0.15, -0.1) is 22.9 Å². The van der Waals surface area contributed by atoms with Gasteiger partial charge in [-0.3, -0.25) is 4.90 Å². The van der Waals surface area contributed by atoms with Gasteiger partial charge < -0.3 is 0 Å². The Bertz CT molecular complexity index is 246. The molecule has 0 aliphatic heterocycles. The quantitative estimate of drug-likeness (QED) is 0.723. The van der Waals surface area contributed by atoms with Gasteiger partial charge in [0.2, 0.25) is 0 Å². The third-order valence-corrected chi connectivity index (χ3v) is 3.63. The molecule has 0 saturated carbocycles. The second kappa shape index (κ2) is 4.40. The Morgan fingerprint density at radius 1 is 1.62 bits per heavy atom. The zero-order chi connectivity index (χ0) is 9.90. The molecular weight excluding hydrogens is 204 g/mol. The van der Waals surface area contributed by atoms with Crippen molar-refractivity contribution in [2.75, 3.05) is 12.9 Å². The lowest BCUT2D eigenvalue weighted by Crippen LogP contribution is -2.42. The molecule has 0 aromatic carbocycles. The van der Waals surface area contributed by atoms with Crippen molar-refractivity contribution >= 4 is 22.9 Å². The molecule has 1 rings (SSSR count). The van der Waals surface area contributed by atoms with Gasteiger partial charge in [-0.2, -0.15) is 0 Å². The highest BCUT2D eigenvalue weighted by Crippen LogP contribution is 2.17. The average molecular weight is 219 g/mol. The topological polar surface area (TPSA) is 16.1 Å². The van der Waals surface area contributed by atoms with Crippen molar-refractivity contribution < 1.29 is 0 Å². The largest absolute Gasteiger partial charge is 0.293 e. The van der Waals surface area contributed by atoms with E-state index in [2.05, 4.69) is 30.8 Å². The molecule has 0 aliphatic rings. The minimum Gasteiger partial charge on any atom is -0.293 e. The number of halogens is 1. The monoisotopic (exact) mass is 218 g/mol. The fourth-order valence-electron chi connectivity index (χ4n) is 0.850. The van der Waals surface area contributed by atoms with Crippen molar-refractivity contribution in [1.82, 2.24) is 9.88 Å². The summed E-state index contributed by atoms with van der Waals surface area (Å²) in [5.41, 5.74) is 0.0349. The predicted octanol–water partition coefficient (Wildman–Crippen LogP) is 2.59. The molecule has 0 saturated heterocycles. The van der Waals surface area contributed by atoms with E-state index in [9.17, 15) is 0 Å². The Morgan fingerprint density at radius 3 is 2.77 bits per heavy atom. The van der Waals surface area contributed by atoms with E-state index in [4.69, 9.17) is 11.6 Å². The van der Waals surface area contributed by atoms with E-state index < -0.39 is 0 Å². The smallest absolute Gasteiger partial charge is 0.107 e. The van der Waals surface area contributed by atoms with E-state index in [0.717, 1.165) is 11.6 Å². The lowest BCUT2D eigenvalue weighted by atomic mass is 10.1. The van der Waals surface area contributed by atoms with Crippen LogP contribution in [0.25, 0.3) is 0 Å². The molecule has 4 heteroatoms. The fourth-order valence-corrected chi connectivity index (χ4v) is 1.72. The summed E-state index contributed by atoms with van der Waals surface area (Å²) in [6.45, 7) is 5.14. The maximum Gasteiger partial charge on any atom is 0.107 e. The van der Waals surface area contributed by atoms with E-state index in [-0.39, 0.29) is 5.54 Å². The van der Waals surface area contributed by atoms with Gasteiger partial charge in [0, 0.05) is 23.0 Å². The Labute approximate surface area is 88.5 Å². The summed E-state index contributed by atoms with van der Waals surface area (Å²) in [6, 6.07) is 0. The molecule has 1 heterocycles. The normalized spacial score (nSPS) is 12.4. The van der Waals surface area contributed by atoms with Crippen LogP contribution in [0.1, 0.15) is 18.9 Å². The first kappa shape index (κ1) is 11.0. The number of thiazole rings is 1. The summed E-state index contributed by atoms with van der Waals surface area (Å²) >= 11 is 7.55. The van der Waals surface area contributed by atoms with Gasteiger partial charge in [0.05, 0.1) is 6.54 Å². The van der Waals surface area contributed by atoms with Crippen LogP contribution in [0.5, 0.6) is 0 Å². The summed E-state index contributed by atoms with van der Waals surface area (Å²) in [7, 11) is 2.07. The molecule has 2 nitrogen and oxygen atoms in total. The zero-order valence-electron chi connectivity index (χ0n) is 8.25. The summed E-state index contributed by atoms with van der Waals surface area (Å²) in [4.78, 5) is 6.46. The Balaban J connectivity index is 2.55. The van der Waals surface area contributed by atoms with Gasteiger partial charge >= 0.3 is 0 Å². The van der Waals surface area contributed by atoms with Crippen LogP contribution in [0, 0.1) is 0 Å². The number of aromatic nitrogens is 1. The van der Waals surface area contributed by atoms with Crippen molar-refractivity contribution in [1.29, 1.82) is 0 Å². The SMILES string of the molecule is CN(Cc1nccs1)C(C)(C)CCl. The van der Waals surface area contributed by atoms with Gasteiger partial charge in [-0.05, 0) is 20.9 Å². The first-order chi connectivity index (χ1) is 6.06. The number of hydrogen-bond acceptors (Lipinski definition) is 3. The molecule has 0 fully saturated rings. The van der Waals surface area contributed by atoms with Crippen LogP contribution >= 0.6 is 22.9 Å². The van der Waals surface area contributed by atoms with Crippen molar-refractivity contribution in [2.45, 2.75) is 25.9 Å². The van der Waals surface area contributed by atoms with Crippen LogP contribution in [0.3, 0.4) is 0 Å². The second-order valence-electron chi connectivity index (χ2n) is 3.73. The molecule has 0 spiro atoms. The lowest BCUT2D eigenvalue weighted by molar-refractivity contribution is 0.170. The van der Waals surface area contributed by atoms with Gasteiger partial charge in [0.25, 0.3) is 0 Å². The molecule has 0 amide bonds. The van der Waals surface area contributed by atoms with Crippen molar-refractivity contribution in [3.8, 4) is 0 Å². The summed E-state index contributed by atoms with van der Waals surface area (Å²) in [5, 5.41) is 3.14. The third-order valence-electron chi connectivity index (χ3n) is 2.22. The summed E-state index contributed by atoms with van der Waals surface area (Å²) in [6.07, 6.45) is 1.83. The summed E-state index contributed by atoms with van der Waals surface area (Å²) in [5.74, 6) is 0.634. The predicted molar refractivity (Wildman–Crippen MR) is 58.4 cm³/mol. The minimum absolute atomic E-state index is 0.0349. The second-order valence-corrected chi connectivity index (χ2v) is 4.97. The highest BCUT2D eigenvalue weighted by atomic mass is 35.5. The van der Waals surface area contributed by atoms with Gasteiger partial charge in [-0.1, -0.05) is 0 Å². The van der Waals surface area contributed by atoms with Crippen molar-refractivity contribution in [2.24, 2.45) is 0 Å². The molecule has 74 valence electrons. The van der Waals surface area contributed by atoms with E-state index in [1.165, 1.54) is 0 Å². The molecule has 0 bridgehead atoms. The molecule has 1 aromatic rings. The van der Waals surface area contributed by atoms with Crippen LogP contribution in [-0.2, 0) is 6.54 Å². The van der Waals surface area contributed by atoms with E-state index in [0.29, 0.717) is 5.88 Å². The Morgan fingerprint density at radius 2 is 2.31 bits per heavy atom. The lowest BCUT2D eigenvalue weighted by Gasteiger charge is -2.33. The van der Waals surface area contributed by atoms with Gasteiger partial charge in [-0.25, -0.2) is 4.98 Å². The molecule has 13 heavy (non-hydrogen) atoms. The van der Waals surface area contributed by atoms with E-state index in [1.54, 1.807) is 11.3 Å². The van der Waals surface area contributed by atoms with E-state index in [1.807, 2.05) is 11.6 Å². The molecule has 0 unspecified atom stereocenters. The Kier molecular flexibility index (Phi) is 3.71.